The van der Waals surface area contributed by atoms with Crippen molar-refractivity contribution >= 4 is 11.6 Å². The molecule has 0 radical (unpaired) electrons. The Hall–Kier alpha value is 0.290. The lowest BCUT2D eigenvalue weighted by Gasteiger charge is -2.04. The third-order valence-electron chi connectivity index (χ3n) is 4.62. The molecule has 1 heteroatoms. The third-order valence-corrected chi connectivity index (χ3v) is 4.89. The zero-order chi connectivity index (χ0) is 18.3. The molecule has 0 aliphatic rings. The first-order valence-electron chi connectivity index (χ1n) is 11.2. The lowest BCUT2D eigenvalue weighted by Crippen LogP contribution is -1.87. The van der Waals surface area contributed by atoms with Crippen LogP contribution in [-0.4, -0.2) is 5.88 Å². The molecule has 0 atom stereocenters. The monoisotopic (exact) mass is 360 g/mol. The second kappa shape index (κ2) is 25.5. The minimum atomic E-state index is 0.827. The van der Waals surface area contributed by atoms with Gasteiger partial charge in [-0.3, -0.25) is 0 Å². The number of halogens is 1. The van der Waals surface area contributed by atoms with E-state index >= 15 is 0 Å². The predicted molar refractivity (Wildman–Crippen MR) is 115 cm³/mol. The van der Waals surface area contributed by atoms with Crippen LogP contribution >= 0.6 is 11.6 Å². The second-order valence-corrected chi connectivity index (χ2v) is 8.20. The van der Waals surface area contributed by atoms with E-state index in [-0.39, 0.29) is 0 Å². The van der Waals surface area contributed by atoms with Crippen molar-refractivity contribution < 1.29 is 0 Å². The summed E-state index contributed by atoms with van der Waals surface area (Å²) in [4.78, 5) is 0. The molecular formula is C23H49Cl. The molecule has 24 heavy (non-hydrogen) atoms. The van der Waals surface area contributed by atoms with E-state index in [0.29, 0.717) is 0 Å². The van der Waals surface area contributed by atoms with Gasteiger partial charge in [-0.15, -0.1) is 11.6 Å². The standard InChI is InChI=1S/C18H38.C5H11Cl/c1-4-5-6-7-8-9-10-11-12-13-14-15-16-17-18(2)3;1-2-3-4-5-6/h18H,4-17H2,1-3H3;2-5H2,1H3. The average molecular weight is 361 g/mol. The average Bonchev–Trinajstić information content (AvgIpc) is 2.57. The van der Waals surface area contributed by atoms with Gasteiger partial charge < -0.3 is 0 Å². The Labute approximate surface area is 160 Å². The summed E-state index contributed by atoms with van der Waals surface area (Å²) in [5.41, 5.74) is 0. The molecule has 0 amide bonds. The molecule has 0 aromatic heterocycles. The van der Waals surface area contributed by atoms with Gasteiger partial charge in [0.05, 0.1) is 0 Å². The first-order chi connectivity index (χ1) is 11.7. The van der Waals surface area contributed by atoms with Gasteiger partial charge in [-0.25, -0.2) is 0 Å². The van der Waals surface area contributed by atoms with Crippen LogP contribution in [0.4, 0.5) is 0 Å². The lowest BCUT2D eigenvalue weighted by atomic mass is 10.0. The number of hydrogen-bond acceptors (Lipinski definition) is 0. The van der Waals surface area contributed by atoms with E-state index in [2.05, 4.69) is 27.7 Å². The smallest absolute Gasteiger partial charge is 0.0223 e. The molecule has 0 spiro atoms. The van der Waals surface area contributed by atoms with E-state index < -0.39 is 0 Å². The van der Waals surface area contributed by atoms with Gasteiger partial charge in [0.25, 0.3) is 0 Å². The number of alkyl halides is 1. The second-order valence-electron chi connectivity index (χ2n) is 7.82. The normalized spacial score (nSPS) is 10.8. The third kappa shape index (κ3) is 30.2. The maximum atomic E-state index is 5.38. The number of rotatable bonds is 17. The Balaban J connectivity index is 0. The summed E-state index contributed by atoms with van der Waals surface area (Å²) >= 11 is 5.38. The van der Waals surface area contributed by atoms with Crippen molar-refractivity contribution in [2.75, 3.05) is 5.88 Å². The highest BCUT2D eigenvalue weighted by molar-refractivity contribution is 6.17. The summed E-state index contributed by atoms with van der Waals surface area (Å²) in [6.07, 6.45) is 24.2. The van der Waals surface area contributed by atoms with Crippen LogP contribution in [0.15, 0.2) is 0 Å². The summed E-state index contributed by atoms with van der Waals surface area (Å²) in [5, 5.41) is 0. The van der Waals surface area contributed by atoms with Crippen molar-refractivity contribution in [1.29, 1.82) is 0 Å². The summed E-state index contributed by atoms with van der Waals surface area (Å²) in [7, 11) is 0. The fourth-order valence-electron chi connectivity index (χ4n) is 2.91. The molecule has 0 aromatic carbocycles. The molecule has 0 saturated heterocycles. The highest BCUT2D eigenvalue weighted by Crippen LogP contribution is 2.14. The SMILES string of the molecule is CCCCCCCCCCCCCCCC(C)C.CCCCCCl. The molecule has 0 aliphatic heterocycles. The summed E-state index contributed by atoms with van der Waals surface area (Å²) < 4.78 is 0. The molecule has 0 aromatic rings. The fraction of sp³-hybridized carbons (Fsp3) is 1.00. The van der Waals surface area contributed by atoms with Crippen LogP contribution in [0.5, 0.6) is 0 Å². The first kappa shape index (κ1) is 26.5. The van der Waals surface area contributed by atoms with Crippen LogP contribution in [0, 0.1) is 5.92 Å². The van der Waals surface area contributed by atoms with Crippen LogP contribution in [0.3, 0.4) is 0 Å². The van der Waals surface area contributed by atoms with E-state index in [4.69, 9.17) is 11.6 Å². The Morgan fingerprint density at radius 1 is 0.500 bits per heavy atom. The summed E-state index contributed by atoms with van der Waals surface area (Å²) in [5.74, 6) is 1.73. The van der Waals surface area contributed by atoms with Gasteiger partial charge in [-0.1, -0.05) is 130 Å². The zero-order valence-corrected chi connectivity index (χ0v) is 18.4. The van der Waals surface area contributed by atoms with Crippen LogP contribution in [0.1, 0.15) is 137 Å². The van der Waals surface area contributed by atoms with Gasteiger partial charge in [0.2, 0.25) is 0 Å². The fourth-order valence-corrected chi connectivity index (χ4v) is 3.10. The van der Waals surface area contributed by atoms with E-state index in [9.17, 15) is 0 Å². The van der Waals surface area contributed by atoms with E-state index in [1.807, 2.05) is 0 Å². The van der Waals surface area contributed by atoms with Crippen LogP contribution in [0.25, 0.3) is 0 Å². The van der Waals surface area contributed by atoms with Crippen molar-refractivity contribution in [3.05, 3.63) is 0 Å². The molecule has 0 saturated carbocycles. The largest absolute Gasteiger partial charge is 0.127 e. The van der Waals surface area contributed by atoms with Gasteiger partial charge in [-0.05, 0) is 12.3 Å². The van der Waals surface area contributed by atoms with E-state index in [1.54, 1.807) is 0 Å². The highest BCUT2D eigenvalue weighted by atomic mass is 35.5. The molecule has 148 valence electrons. The summed E-state index contributed by atoms with van der Waals surface area (Å²) in [6, 6.07) is 0. The highest BCUT2D eigenvalue weighted by Gasteiger charge is 1.95. The topological polar surface area (TPSA) is 0 Å². The molecule has 0 nitrogen and oxygen atoms in total. The van der Waals surface area contributed by atoms with Gasteiger partial charge in [0.15, 0.2) is 0 Å². The van der Waals surface area contributed by atoms with Gasteiger partial charge in [0, 0.05) is 5.88 Å². The predicted octanol–water partition coefficient (Wildman–Crippen LogP) is 9.54. The lowest BCUT2D eigenvalue weighted by molar-refractivity contribution is 0.503. The molecule has 0 aliphatic carbocycles. The first-order valence-corrected chi connectivity index (χ1v) is 11.8. The summed E-state index contributed by atoms with van der Waals surface area (Å²) in [6.45, 7) is 9.13. The quantitative estimate of drug-likeness (QED) is 0.179. The van der Waals surface area contributed by atoms with Gasteiger partial charge in [-0.2, -0.15) is 0 Å². The van der Waals surface area contributed by atoms with E-state index in [1.165, 1.54) is 109 Å². The van der Waals surface area contributed by atoms with Crippen molar-refractivity contribution in [2.24, 2.45) is 5.92 Å². The Morgan fingerprint density at radius 3 is 1.12 bits per heavy atom. The van der Waals surface area contributed by atoms with Gasteiger partial charge >= 0.3 is 0 Å². The number of hydrogen-bond donors (Lipinski definition) is 0. The molecule has 0 heterocycles. The maximum absolute atomic E-state index is 5.38. The van der Waals surface area contributed by atoms with E-state index in [0.717, 1.165) is 11.8 Å². The molecule has 0 fully saturated rings. The van der Waals surface area contributed by atoms with Crippen LogP contribution in [0.2, 0.25) is 0 Å². The van der Waals surface area contributed by atoms with Crippen LogP contribution in [-0.2, 0) is 0 Å². The Kier molecular flexibility index (Phi) is 28.2. The molecular weight excluding hydrogens is 312 g/mol. The van der Waals surface area contributed by atoms with Gasteiger partial charge in [0.1, 0.15) is 0 Å². The van der Waals surface area contributed by atoms with Crippen molar-refractivity contribution in [2.45, 2.75) is 137 Å². The minimum absolute atomic E-state index is 0.827. The Bertz CT molecular complexity index is 184. The van der Waals surface area contributed by atoms with Crippen LogP contribution < -0.4 is 0 Å². The number of unbranched alkanes of at least 4 members (excludes halogenated alkanes) is 14. The van der Waals surface area contributed by atoms with Crippen molar-refractivity contribution in [3.8, 4) is 0 Å². The molecule has 0 rings (SSSR count). The zero-order valence-electron chi connectivity index (χ0n) is 17.7. The maximum Gasteiger partial charge on any atom is 0.0223 e. The molecule has 0 bridgehead atoms. The molecule has 0 unspecified atom stereocenters. The van der Waals surface area contributed by atoms with Crippen molar-refractivity contribution in [1.82, 2.24) is 0 Å². The molecule has 0 N–H and O–H groups in total. The Morgan fingerprint density at radius 2 is 0.833 bits per heavy atom. The van der Waals surface area contributed by atoms with Crippen molar-refractivity contribution in [3.63, 3.8) is 0 Å². The minimum Gasteiger partial charge on any atom is -0.127 e.